The Morgan fingerprint density at radius 3 is 2.55 bits per heavy atom. The topological polar surface area (TPSA) is 49.3 Å². The molecule has 1 aromatic heterocycles. The molecule has 2 heterocycles. The molecule has 0 saturated carbocycles. The van der Waals surface area contributed by atoms with Crippen LogP contribution >= 0.6 is 0 Å². The van der Waals surface area contributed by atoms with E-state index in [2.05, 4.69) is 9.97 Å². The van der Waals surface area contributed by atoms with Crippen molar-refractivity contribution in [3.63, 3.8) is 0 Å². The number of amides is 1. The lowest BCUT2D eigenvalue weighted by Crippen LogP contribution is -2.50. The number of carbonyl (C=O) groups is 1. The molecule has 1 unspecified atom stereocenters. The van der Waals surface area contributed by atoms with E-state index in [4.69, 9.17) is 0 Å². The van der Waals surface area contributed by atoms with Gasteiger partial charge in [-0.1, -0.05) is 12.1 Å². The maximum Gasteiger partial charge on any atom is 0.433 e. The first kappa shape index (κ1) is 22.9. The zero-order valence-electron chi connectivity index (χ0n) is 17.4. The number of halogens is 5. The van der Waals surface area contributed by atoms with Crippen LogP contribution in [0.4, 0.5) is 33.6 Å². The van der Waals surface area contributed by atoms with Crippen LogP contribution in [0, 0.1) is 13.8 Å². The second-order valence-corrected chi connectivity index (χ2v) is 7.82. The number of likely N-dealkylation sites (N-methyl/N-ethyl adjacent to an activating group) is 1. The number of anilines is 2. The number of rotatable bonds is 3. The maximum atomic E-state index is 14.4. The standard InChI is InChI=1S/C21H23F5N4O/c1-13-6-4-7-15(10-13)29(3)18(31)16-8-5-9-20(22,23)12-30(16)19-27-14(2)11-17(28-19)21(24,25)26/h4,6-7,10-11,16H,5,8-9,12H2,1-3H3. The minimum atomic E-state index is -4.77. The van der Waals surface area contributed by atoms with Crippen molar-refractivity contribution in [1.29, 1.82) is 0 Å². The molecular weight excluding hydrogens is 419 g/mol. The monoisotopic (exact) mass is 442 g/mol. The molecule has 0 aliphatic carbocycles. The summed E-state index contributed by atoms with van der Waals surface area (Å²) in [6, 6.07) is 6.69. The Labute approximate surface area is 176 Å². The molecule has 1 aliphatic heterocycles. The van der Waals surface area contributed by atoms with Crippen molar-refractivity contribution in [1.82, 2.24) is 9.97 Å². The summed E-state index contributed by atoms with van der Waals surface area (Å²) in [5.41, 5.74) is 0.198. The Bertz CT molecular complexity index is 963. The van der Waals surface area contributed by atoms with E-state index in [-0.39, 0.29) is 18.5 Å². The Balaban J connectivity index is 2.03. The average molecular weight is 442 g/mol. The van der Waals surface area contributed by atoms with E-state index < -0.39 is 48.7 Å². The van der Waals surface area contributed by atoms with Crippen LogP contribution in [0.5, 0.6) is 0 Å². The number of hydrogen-bond acceptors (Lipinski definition) is 4. The summed E-state index contributed by atoms with van der Waals surface area (Å²) in [6.07, 6.45) is -5.16. The molecule has 0 N–H and O–H groups in total. The second-order valence-electron chi connectivity index (χ2n) is 7.82. The van der Waals surface area contributed by atoms with E-state index in [1.54, 1.807) is 18.2 Å². The summed E-state index contributed by atoms with van der Waals surface area (Å²) < 4.78 is 68.6. The Morgan fingerprint density at radius 2 is 1.90 bits per heavy atom. The molecule has 2 aromatic rings. The number of aryl methyl sites for hydroxylation is 2. The lowest BCUT2D eigenvalue weighted by molar-refractivity contribution is -0.141. The van der Waals surface area contributed by atoms with Gasteiger partial charge in [0.1, 0.15) is 11.7 Å². The minimum absolute atomic E-state index is 0.0249. The van der Waals surface area contributed by atoms with Gasteiger partial charge in [-0.15, -0.1) is 0 Å². The normalized spacial score (nSPS) is 19.1. The zero-order chi connectivity index (χ0) is 23.0. The van der Waals surface area contributed by atoms with Crippen LogP contribution < -0.4 is 9.80 Å². The van der Waals surface area contributed by atoms with Crippen molar-refractivity contribution >= 4 is 17.5 Å². The van der Waals surface area contributed by atoms with Crippen molar-refractivity contribution in [2.75, 3.05) is 23.4 Å². The number of carbonyl (C=O) groups excluding carboxylic acids is 1. The number of benzene rings is 1. The van der Waals surface area contributed by atoms with E-state index in [1.807, 2.05) is 13.0 Å². The smallest absolute Gasteiger partial charge is 0.323 e. The van der Waals surface area contributed by atoms with Crippen molar-refractivity contribution in [3.05, 3.63) is 47.3 Å². The van der Waals surface area contributed by atoms with Crippen molar-refractivity contribution in [3.8, 4) is 0 Å². The summed E-state index contributed by atoms with van der Waals surface area (Å²) >= 11 is 0. The number of alkyl halides is 5. The zero-order valence-corrected chi connectivity index (χ0v) is 17.4. The molecule has 1 fully saturated rings. The fourth-order valence-electron chi connectivity index (χ4n) is 3.63. The van der Waals surface area contributed by atoms with Gasteiger partial charge in [-0.3, -0.25) is 4.79 Å². The third-order valence-electron chi connectivity index (χ3n) is 5.19. The van der Waals surface area contributed by atoms with Crippen LogP contribution in [0.3, 0.4) is 0 Å². The van der Waals surface area contributed by atoms with Gasteiger partial charge in [-0.05, 0) is 50.5 Å². The predicted molar refractivity (Wildman–Crippen MR) is 106 cm³/mol. The highest BCUT2D eigenvalue weighted by atomic mass is 19.4. The molecular formula is C21H23F5N4O. The third-order valence-corrected chi connectivity index (χ3v) is 5.19. The van der Waals surface area contributed by atoms with Gasteiger partial charge in [0.25, 0.3) is 5.92 Å². The SMILES string of the molecule is Cc1cccc(N(C)C(=O)C2CCCC(F)(F)CN2c2nc(C)cc(C(F)(F)F)n2)c1. The molecule has 1 aromatic carbocycles. The van der Waals surface area contributed by atoms with E-state index in [0.29, 0.717) is 5.69 Å². The van der Waals surface area contributed by atoms with Crippen molar-refractivity contribution in [2.45, 2.75) is 51.3 Å². The van der Waals surface area contributed by atoms with Crippen LogP contribution in [0.2, 0.25) is 0 Å². The summed E-state index contributed by atoms with van der Waals surface area (Å²) in [5, 5.41) is 0. The molecule has 5 nitrogen and oxygen atoms in total. The molecule has 0 spiro atoms. The van der Waals surface area contributed by atoms with Crippen LogP contribution in [-0.4, -0.2) is 41.4 Å². The molecule has 1 atom stereocenters. The van der Waals surface area contributed by atoms with E-state index in [9.17, 15) is 26.7 Å². The first-order valence-corrected chi connectivity index (χ1v) is 9.79. The molecule has 0 bridgehead atoms. The maximum absolute atomic E-state index is 14.4. The van der Waals surface area contributed by atoms with Gasteiger partial charge in [0.2, 0.25) is 11.9 Å². The van der Waals surface area contributed by atoms with Crippen LogP contribution in [0.25, 0.3) is 0 Å². The highest BCUT2D eigenvalue weighted by Crippen LogP contribution is 2.34. The molecule has 31 heavy (non-hydrogen) atoms. The molecule has 1 saturated heterocycles. The van der Waals surface area contributed by atoms with Crippen molar-refractivity contribution in [2.24, 2.45) is 0 Å². The van der Waals surface area contributed by atoms with Gasteiger partial charge >= 0.3 is 6.18 Å². The summed E-state index contributed by atoms with van der Waals surface area (Å²) in [7, 11) is 1.51. The van der Waals surface area contributed by atoms with Gasteiger partial charge < -0.3 is 9.80 Å². The molecule has 1 amide bonds. The largest absolute Gasteiger partial charge is 0.433 e. The van der Waals surface area contributed by atoms with Gasteiger partial charge in [0, 0.05) is 24.8 Å². The summed E-state index contributed by atoms with van der Waals surface area (Å²) in [4.78, 5) is 23.0. The number of aromatic nitrogens is 2. The lowest BCUT2D eigenvalue weighted by atomic mass is 10.1. The summed E-state index contributed by atoms with van der Waals surface area (Å²) in [5.74, 6) is -4.23. The van der Waals surface area contributed by atoms with Gasteiger partial charge in [0.05, 0.1) is 6.54 Å². The van der Waals surface area contributed by atoms with Crippen LogP contribution in [0.15, 0.2) is 30.3 Å². The van der Waals surface area contributed by atoms with Crippen LogP contribution in [0.1, 0.15) is 36.2 Å². The van der Waals surface area contributed by atoms with Crippen molar-refractivity contribution < 1.29 is 26.7 Å². The fourth-order valence-corrected chi connectivity index (χ4v) is 3.63. The highest BCUT2D eigenvalue weighted by molar-refractivity contribution is 5.98. The fraction of sp³-hybridized carbons (Fsp3) is 0.476. The molecule has 1 aliphatic rings. The first-order valence-electron chi connectivity index (χ1n) is 9.79. The Kier molecular flexibility index (Phi) is 6.20. The molecule has 168 valence electrons. The Morgan fingerprint density at radius 1 is 1.19 bits per heavy atom. The Hall–Kier alpha value is -2.78. The average Bonchev–Trinajstić information content (AvgIpc) is 2.83. The third kappa shape index (κ3) is 5.29. The predicted octanol–water partition coefficient (Wildman–Crippen LogP) is 4.77. The van der Waals surface area contributed by atoms with E-state index in [1.165, 1.54) is 18.9 Å². The van der Waals surface area contributed by atoms with Gasteiger partial charge in [-0.25, -0.2) is 18.7 Å². The molecule has 3 rings (SSSR count). The highest BCUT2D eigenvalue weighted by Gasteiger charge is 2.43. The quantitative estimate of drug-likeness (QED) is 0.643. The second kappa shape index (κ2) is 8.39. The lowest BCUT2D eigenvalue weighted by Gasteiger charge is -2.33. The summed E-state index contributed by atoms with van der Waals surface area (Å²) in [6.45, 7) is 2.23. The minimum Gasteiger partial charge on any atom is -0.323 e. The van der Waals surface area contributed by atoms with E-state index in [0.717, 1.165) is 16.5 Å². The molecule has 0 radical (unpaired) electrons. The first-order chi connectivity index (χ1) is 14.4. The van der Waals surface area contributed by atoms with Crippen LogP contribution in [-0.2, 0) is 11.0 Å². The van der Waals surface area contributed by atoms with Gasteiger partial charge in [-0.2, -0.15) is 13.2 Å². The van der Waals surface area contributed by atoms with E-state index >= 15 is 0 Å². The number of nitrogens with zero attached hydrogens (tertiary/aromatic N) is 4. The van der Waals surface area contributed by atoms with Gasteiger partial charge in [0.15, 0.2) is 0 Å². The molecule has 10 heteroatoms. The number of hydrogen-bond donors (Lipinski definition) is 0.